The molecule has 8 nitrogen and oxygen atoms in total. The van der Waals surface area contributed by atoms with E-state index >= 15 is 0 Å². The molecule has 4 rings (SSSR count). The van der Waals surface area contributed by atoms with Crippen molar-refractivity contribution >= 4 is 23.5 Å². The molecule has 10 heteroatoms. The second-order valence-corrected chi connectivity index (χ2v) is 10.1. The number of carbonyl (C=O) groups is 1. The zero-order valence-corrected chi connectivity index (χ0v) is 22.3. The molecular weight excluding hydrogens is 478 g/mol. The molecule has 3 aliphatic heterocycles. The lowest BCUT2D eigenvalue weighted by atomic mass is 10.0. The predicted octanol–water partition coefficient (Wildman–Crippen LogP) is 5.38. The van der Waals surface area contributed by atoms with Crippen molar-refractivity contribution < 1.29 is 18.3 Å². The van der Waals surface area contributed by atoms with Crippen LogP contribution in [0, 0.1) is 0 Å². The molecule has 0 saturated heterocycles. The van der Waals surface area contributed by atoms with E-state index in [1.807, 2.05) is 32.9 Å². The molecule has 37 heavy (non-hydrogen) atoms. The summed E-state index contributed by atoms with van der Waals surface area (Å²) in [5.41, 5.74) is 3.33. The van der Waals surface area contributed by atoms with Crippen molar-refractivity contribution in [2.24, 2.45) is 9.98 Å². The lowest BCUT2D eigenvalue weighted by Gasteiger charge is -2.31. The first kappa shape index (κ1) is 27.0. The van der Waals surface area contributed by atoms with E-state index in [4.69, 9.17) is 9.73 Å². The van der Waals surface area contributed by atoms with Crippen LogP contribution in [0.2, 0.25) is 0 Å². The van der Waals surface area contributed by atoms with Gasteiger partial charge in [0.15, 0.2) is 5.84 Å². The molecule has 0 saturated carbocycles. The van der Waals surface area contributed by atoms with E-state index in [2.05, 4.69) is 20.2 Å². The van der Waals surface area contributed by atoms with Gasteiger partial charge in [0.1, 0.15) is 5.70 Å². The number of rotatable bonds is 4. The quantitative estimate of drug-likeness (QED) is 0.582. The van der Waals surface area contributed by atoms with Gasteiger partial charge in [0.25, 0.3) is 5.90 Å². The zero-order valence-electron chi connectivity index (χ0n) is 22.3. The Labute approximate surface area is 217 Å². The molecule has 202 valence electrons. The summed E-state index contributed by atoms with van der Waals surface area (Å²) in [5.74, 6) is -1.49. The van der Waals surface area contributed by atoms with E-state index in [0.29, 0.717) is 37.7 Å². The van der Waals surface area contributed by atoms with Gasteiger partial charge in [-0.1, -0.05) is 6.42 Å². The van der Waals surface area contributed by atoms with Crippen molar-refractivity contribution in [3.63, 3.8) is 0 Å². The van der Waals surface area contributed by atoms with E-state index in [1.165, 1.54) is 0 Å². The highest BCUT2D eigenvalue weighted by Gasteiger charge is 2.32. The molecule has 0 radical (unpaired) electrons. The molecule has 1 N–H and O–H groups in total. The average molecular weight is 517 g/mol. The third-order valence-electron chi connectivity index (χ3n) is 7.27. The predicted molar refractivity (Wildman–Crippen MR) is 141 cm³/mol. The first-order valence-corrected chi connectivity index (χ1v) is 13.3. The minimum atomic E-state index is -2.76. The molecular formula is C27H38F2N6O2. The number of hydrogen-bond donors (Lipinski definition) is 1. The fourth-order valence-electron chi connectivity index (χ4n) is 5.08. The van der Waals surface area contributed by atoms with Crippen LogP contribution in [0.1, 0.15) is 83.5 Å². The summed E-state index contributed by atoms with van der Waals surface area (Å²) in [7, 11) is 0. The van der Waals surface area contributed by atoms with Crippen LogP contribution < -0.4 is 5.32 Å². The summed E-state index contributed by atoms with van der Waals surface area (Å²) in [6.07, 6.45) is 4.80. The molecule has 4 heterocycles. The van der Waals surface area contributed by atoms with Gasteiger partial charge in [0, 0.05) is 37.4 Å². The lowest BCUT2D eigenvalue weighted by molar-refractivity contribution is 0.00804. The number of amidine groups is 1. The molecule has 0 aliphatic carbocycles. The SMILES string of the molecule is CCN1C(=O)NC(CCC(C)(F)F)CCCCCOC2=NC(=C(C)N3CCN=C23)c2cc(ccn2)C1C. The Hall–Kier alpha value is -3.04. The summed E-state index contributed by atoms with van der Waals surface area (Å²) >= 11 is 0. The molecule has 0 aromatic carbocycles. The number of halogens is 2. The Morgan fingerprint density at radius 2 is 2.08 bits per heavy atom. The second kappa shape index (κ2) is 11.6. The van der Waals surface area contributed by atoms with Gasteiger partial charge in [-0.2, -0.15) is 0 Å². The number of alkyl halides is 2. The van der Waals surface area contributed by atoms with Crippen molar-refractivity contribution in [2.45, 2.75) is 84.2 Å². The van der Waals surface area contributed by atoms with E-state index in [9.17, 15) is 13.6 Å². The number of nitrogens with zero attached hydrogens (tertiary/aromatic N) is 5. The number of amides is 2. The fourth-order valence-corrected chi connectivity index (χ4v) is 5.08. The van der Waals surface area contributed by atoms with Gasteiger partial charge in [-0.05, 0) is 71.1 Å². The largest absolute Gasteiger partial charge is 0.475 e. The number of pyridine rings is 1. The Kier molecular flexibility index (Phi) is 8.44. The Balaban J connectivity index is 1.66. The first-order valence-electron chi connectivity index (χ1n) is 13.3. The number of ether oxygens (including phenoxy) is 1. The highest BCUT2D eigenvalue weighted by atomic mass is 19.3. The third kappa shape index (κ3) is 6.45. The molecule has 1 aromatic rings. The topological polar surface area (TPSA) is 82.4 Å². The Morgan fingerprint density at radius 1 is 1.27 bits per heavy atom. The molecule has 4 bridgehead atoms. The van der Waals surface area contributed by atoms with E-state index in [0.717, 1.165) is 55.5 Å². The minimum absolute atomic E-state index is 0.233. The first-order chi connectivity index (χ1) is 17.7. The molecule has 0 spiro atoms. The van der Waals surface area contributed by atoms with Crippen LogP contribution in [0.5, 0.6) is 0 Å². The van der Waals surface area contributed by atoms with Gasteiger partial charge in [0.05, 0.1) is 24.9 Å². The number of nitrogens with one attached hydrogen (secondary N) is 1. The number of allylic oxidation sites excluding steroid dienone is 1. The van der Waals surface area contributed by atoms with E-state index in [-0.39, 0.29) is 31.0 Å². The smallest absolute Gasteiger partial charge is 0.318 e. The normalized spacial score (nSPS) is 23.6. The third-order valence-corrected chi connectivity index (χ3v) is 7.27. The number of aromatic nitrogens is 1. The summed E-state index contributed by atoms with van der Waals surface area (Å²) < 4.78 is 33.3. The summed E-state index contributed by atoms with van der Waals surface area (Å²) in [5, 5.41) is 3.05. The van der Waals surface area contributed by atoms with Crippen LogP contribution in [-0.2, 0) is 4.74 Å². The molecule has 1 aromatic heterocycles. The summed E-state index contributed by atoms with van der Waals surface area (Å²) in [6.45, 7) is 9.25. The van der Waals surface area contributed by atoms with Crippen molar-refractivity contribution in [1.82, 2.24) is 20.1 Å². The van der Waals surface area contributed by atoms with E-state index < -0.39 is 5.92 Å². The molecule has 3 aliphatic rings. The van der Waals surface area contributed by atoms with Gasteiger partial charge in [-0.3, -0.25) is 9.98 Å². The summed E-state index contributed by atoms with van der Waals surface area (Å²) in [6, 6.07) is 3.06. The van der Waals surface area contributed by atoms with Crippen molar-refractivity contribution in [3.8, 4) is 0 Å². The molecule has 2 unspecified atom stereocenters. The number of carbonyl (C=O) groups excluding carboxylic acids is 1. The van der Waals surface area contributed by atoms with Crippen molar-refractivity contribution in [1.29, 1.82) is 0 Å². The van der Waals surface area contributed by atoms with Crippen LogP contribution in [0.4, 0.5) is 13.6 Å². The minimum Gasteiger partial charge on any atom is -0.475 e. The van der Waals surface area contributed by atoms with Gasteiger partial charge in [-0.25, -0.2) is 18.6 Å². The van der Waals surface area contributed by atoms with E-state index in [1.54, 1.807) is 11.1 Å². The van der Waals surface area contributed by atoms with Crippen molar-refractivity contribution in [3.05, 3.63) is 35.3 Å². The highest BCUT2D eigenvalue weighted by Crippen LogP contribution is 2.31. The van der Waals surface area contributed by atoms with Crippen LogP contribution in [0.25, 0.3) is 5.70 Å². The number of fused-ring (bicyclic) bond motifs is 6. The van der Waals surface area contributed by atoms with Crippen LogP contribution >= 0.6 is 0 Å². The van der Waals surface area contributed by atoms with Gasteiger partial charge < -0.3 is 19.9 Å². The molecule has 2 amide bonds. The van der Waals surface area contributed by atoms with Crippen LogP contribution in [-0.4, -0.2) is 70.8 Å². The zero-order chi connectivity index (χ0) is 26.6. The van der Waals surface area contributed by atoms with Gasteiger partial charge in [0.2, 0.25) is 5.92 Å². The Morgan fingerprint density at radius 3 is 2.84 bits per heavy atom. The Bertz CT molecular complexity index is 1080. The highest BCUT2D eigenvalue weighted by molar-refractivity contribution is 6.40. The van der Waals surface area contributed by atoms with Gasteiger partial charge in [-0.15, -0.1) is 0 Å². The number of urea groups is 1. The summed E-state index contributed by atoms with van der Waals surface area (Å²) in [4.78, 5) is 31.2. The van der Waals surface area contributed by atoms with Gasteiger partial charge >= 0.3 is 6.03 Å². The molecule has 0 fully saturated rings. The maximum atomic E-state index is 13.6. The molecule has 2 atom stereocenters. The van der Waals surface area contributed by atoms with Crippen LogP contribution in [0.15, 0.2) is 34.0 Å². The number of hydrogen-bond acceptors (Lipinski definition) is 6. The fraction of sp³-hybridized carbons (Fsp3) is 0.630. The number of aliphatic imine (C=N–C) groups is 2. The maximum absolute atomic E-state index is 13.6. The van der Waals surface area contributed by atoms with Crippen molar-refractivity contribution in [2.75, 3.05) is 26.2 Å². The average Bonchev–Trinajstić information content (AvgIpc) is 3.36. The second-order valence-electron chi connectivity index (χ2n) is 10.1. The van der Waals surface area contributed by atoms with Crippen LogP contribution in [0.3, 0.4) is 0 Å². The lowest BCUT2D eigenvalue weighted by Crippen LogP contribution is -2.46. The standard InChI is InChI=1S/C27H38F2N6O2/c1-5-34-18(2)20-11-13-30-22(17-20)23-19(3)35-15-14-31-24(35)25(33-23)37-16-8-6-7-9-21(32-26(34)36)10-12-27(4,28)29/h11,13,17-18,21H,5-10,12,14-16H2,1-4H3,(H,32,36). The monoisotopic (exact) mass is 516 g/mol. The maximum Gasteiger partial charge on any atom is 0.318 e.